The van der Waals surface area contributed by atoms with Crippen LogP contribution in [-0.4, -0.2) is 66.0 Å². The molecule has 0 aliphatic heterocycles. The SMILES string of the molecule is O=P([O-])(O)CC1C(OP(=O)([O-])O)C(OP(=O)([O-])O)C(OP(=O)([O-])O)C(OP(=O)([O-])O)C1OP(=O)([O-])O.[Na+].[Na+].[Na+].[Na+].[Na+].[Na+]. The van der Waals surface area contributed by atoms with Gasteiger partial charge in [-0.05, 0) is 0 Å². The number of phosphoric ester groups is 5. The van der Waals surface area contributed by atoms with Gasteiger partial charge in [-0.15, -0.1) is 0 Å². The number of phosphoric acid groups is 5. The van der Waals surface area contributed by atoms with Gasteiger partial charge in [0.25, 0.3) is 39.1 Å². The Morgan fingerprint density at radius 3 is 0.738 bits per heavy atom. The molecule has 0 spiro atoms. The summed E-state index contributed by atoms with van der Waals surface area (Å²) in [7, 11) is -37.3. The molecule has 23 nitrogen and oxygen atoms in total. The average molecular weight is 790 g/mol. The summed E-state index contributed by atoms with van der Waals surface area (Å²) in [6, 6.07) is 0. The van der Waals surface area contributed by atoms with Crippen LogP contribution in [0.25, 0.3) is 0 Å². The molecule has 1 fully saturated rings. The predicted molar refractivity (Wildman–Crippen MR) is 91.7 cm³/mol. The first kappa shape index (κ1) is 60.8. The summed E-state index contributed by atoms with van der Waals surface area (Å²) in [5, 5.41) is 0. The fourth-order valence-electron chi connectivity index (χ4n) is 3.11. The van der Waals surface area contributed by atoms with E-state index in [1.54, 1.807) is 0 Å². The largest absolute Gasteiger partial charge is 1.00 e. The molecule has 0 aromatic rings. The van der Waals surface area contributed by atoms with Crippen molar-refractivity contribution in [1.82, 2.24) is 0 Å². The van der Waals surface area contributed by atoms with Crippen molar-refractivity contribution in [2.75, 3.05) is 6.16 Å². The van der Waals surface area contributed by atoms with E-state index in [2.05, 4.69) is 22.6 Å². The van der Waals surface area contributed by atoms with Crippen LogP contribution < -0.4 is 207 Å². The maximum Gasteiger partial charge on any atom is 1.00 e. The van der Waals surface area contributed by atoms with Gasteiger partial charge in [-0.3, -0.25) is 22.8 Å². The van der Waals surface area contributed by atoms with Crippen molar-refractivity contribution in [2.24, 2.45) is 5.92 Å². The second-order valence-corrected chi connectivity index (χ2v) is 14.1. The molecule has 0 amide bonds. The van der Waals surface area contributed by atoms with Crippen LogP contribution in [0.3, 0.4) is 0 Å². The Balaban J connectivity index is -0.000000540. The maximum absolute atomic E-state index is 11.5. The van der Waals surface area contributed by atoms with E-state index in [4.69, 9.17) is 24.5 Å². The Morgan fingerprint density at radius 2 is 0.571 bits per heavy atom. The quantitative estimate of drug-likeness (QED) is 0.0789. The predicted octanol–water partition coefficient (Wildman–Crippen LogP) is -24.6. The first-order chi connectivity index (χ1) is 15.6. The van der Waals surface area contributed by atoms with Crippen LogP contribution in [0.1, 0.15) is 0 Å². The van der Waals surface area contributed by atoms with Gasteiger partial charge in [0.15, 0.2) is 0 Å². The van der Waals surface area contributed by atoms with Crippen LogP contribution in [-0.2, 0) is 50.0 Å². The molecule has 42 heavy (non-hydrogen) atoms. The van der Waals surface area contributed by atoms with Crippen LogP contribution in [0.5, 0.6) is 0 Å². The van der Waals surface area contributed by atoms with Crippen molar-refractivity contribution in [1.29, 1.82) is 0 Å². The third-order valence-corrected chi connectivity index (χ3v) is 7.29. The van der Waals surface area contributed by atoms with Gasteiger partial charge < -0.3 is 85.9 Å². The summed E-state index contributed by atoms with van der Waals surface area (Å²) in [5.74, 6) is -2.86. The van der Waals surface area contributed by atoms with E-state index < -0.39 is 89.3 Å². The molecule has 1 saturated carbocycles. The van der Waals surface area contributed by atoms with Gasteiger partial charge in [-0.1, -0.05) is 0 Å². The van der Waals surface area contributed by atoms with Crippen molar-refractivity contribution < 1.29 is 286 Å². The average Bonchev–Trinajstić information content (AvgIpc) is 2.51. The Hall–Kier alpha value is 6.70. The topological polar surface area (TPSA) is 408 Å². The van der Waals surface area contributed by atoms with E-state index in [1.807, 2.05) is 0 Å². The summed E-state index contributed by atoms with van der Waals surface area (Å²) in [6.45, 7) is 0. The van der Waals surface area contributed by atoms with Crippen LogP contribution in [0.2, 0.25) is 0 Å². The Labute approximate surface area is 369 Å². The smallest absolute Gasteiger partial charge is 0.779 e. The molecule has 0 aromatic carbocycles. The maximum atomic E-state index is 11.5. The number of hydrogen-bond donors (Lipinski definition) is 6. The summed E-state index contributed by atoms with van der Waals surface area (Å²) in [6.07, 6.45) is -18.1. The third-order valence-electron chi connectivity index (χ3n) is 3.86. The Kier molecular flexibility index (Phi) is 33.8. The standard InChI is InChI=1S/C7H20O23P6.6Na/c8-31(9,10)1-2-3(26-32(11,12)13)5(28-34(17,18)19)7(30-36(23,24)25)6(29-35(20,21)22)4(2)27-33(14,15)16;;;;;;/h2-7H,1H2,(H2,8,9,10)(H2,11,12,13)(H2,14,15,16)(H2,17,18,19)(H2,20,21,22)(H2,23,24,25);;;;;;/q;6*+1/p-6. The molecule has 6 N–H and O–H groups in total. The van der Waals surface area contributed by atoms with Crippen LogP contribution in [0, 0.1) is 5.92 Å². The van der Waals surface area contributed by atoms with Gasteiger partial charge in [0.05, 0.1) is 0 Å². The molecule has 10 unspecified atom stereocenters. The third kappa shape index (κ3) is 26.5. The first-order valence-electron chi connectivity index (χ1n) is 8.21. The molecule has 0 aromatic heterocycles. The van der Waals surface area contributed by atoms with E-state index in [9.17, 15) is 61.6 Å². The fourth-order valence-corrected chi connectivity index (χ4v) is 6.87. The molecule has 0 bridgehead atoms. The summed E-state index contributed by atoms with van der Waals surface area (Å²) < 4.78 is 87.8. The monoisotopic (exact) mass is 790 g/mol. The molecular formula is C7H14Na6O23P6. The van der Waals surface area contributed by atoms with E-state index in [-0.39, 0.29) is 177 Å². The summed E-state index contributed by atoms with van der Waals surface area (Å²) in [5.41, 5.74) is 0. The molecule has 216 valence electrons. The molecule has 10 atom stereocenters. The minimum Gasteiger partial charge on any atom is -0.779 e. The molecule has 0 heterocycles. The molecule has 1 rings (SSSR count). The van der Waals surface area contributed by atoms with E-state index in [0.29, 0.717) is 0 Å². The Bertz CT molecular complexity index is 845. The first-order valence-corrected chi connectivity index (χ1v) is 17.4. The van der Waals surface area contributed by atoms with Gasteiger partial charge >= 0.3 is 177 Å². The van der Waals surface area contributed by atoms with E-state index in [1.165, 1.54) is 0 Å². The zero-order valence-corrected chi connectivity index (χ0v) is 39.8. The van der Waals surface area contributed by atoms with Crippen LogP contribution in [0.4, 0.5) is 0 Å². The van der Waals surface area contributed by atoms with Gasteiger partial charge in [-0.2, -0.15) is 0 Å². The second-order valence-electron chi connectivity index (χ2n) is 6.68. The molecule has 0 radical (unpaired) electrons. The molecule has 1 aliphatic rings. The fraction of sp³-hybridized carbons (Fsp3) is 1.00. The van der Waals surface area contributed by atoms with Gasteiger partial charge in [0, 0.05) is 12.1 Å². The van der Waals surface area contributed by atoms with Crippen molar-refractivity contribution in [2.45, 2.75) is 30.5 Å². The van der Waals surface area contributed by atoms with E-state index >= 15 is 0 Å². The van der Waals surface area contributed by atoms with Crippen molar-refractivity contribution in [3.05, 3.63) is 0 Å². The minimum absolute atomic E-state index is 0. The summed E-state index contributed by atoms with van der Waals surface area (Å²) >= 11 is 0. The van der Waals surface area contributed by atoms with Crippen LogP contribution >= 0.6 is 46.7 Å². The van der Waals surface area contributed by atoms with Crippen molar-refractivity contribution in [3.8, 4) is 0 Å². The van der Waals surface area contributed by atoms with Crippen LogP contribution in [0.15, 0.2) is 0 Å². The Morgan fingerprint density at radius 1 is 0.405 bits per heavy atom. The molecule has 1 aliphatic carbocycles. The second kappa shape index (κ2) is 23.4. The molecule has 35 heteroatoms. The van der Waals surface area contributed by atoms with Crippen molar-refractivity contribution in [3.63, 3.8) is 0 Å². The van der Waals surface area contributed by atoms with Gasteiger partial charge in [0.2, 0.25) is 0 Å². The zero-order valence-electron chi connectivity index (χ0n) is 22.5. The zero-order chi connectivity index (χ0) is 28.7. The molecular weight excluding hydrogens is 776 g/mol. The van der Waals surface area contributed by atoms with Gasteiger partial charge in [0.1, 0.15) is 38.1 Å². The summed E-state index contributed by atoms with van der Waals surface area (Å²) in [4.78, 5) is 122. The number of hydrogen-bond acceptors (Lipinski definition) is 17. The number of rotatable bonds is 12. The minimum atomic E-state index is -6.31. The van der Waals surface area contributed by atoms with E-state index in [0.717, 1.165) is 0 Å². The molecule has 0 saturated heterocycles. The normalized spacial score (nSPS) is 32.0. The van der Waals surface area contributed by atoms with Gasteiger partial charge in [-0.25, -0.2) is 0 Å². The van der Waals surface area contributed by atoms with Crippen molar-refractivity contribution >= 4 is 46.7 Å².